The standard InChI is InChI=1S/C29H37N3O2/c1-3-16-32-25-9-7-10-26(32)21-31(20-25)28(24-8-6-11-27(19-24)34-2)22-12-14-23(15-13-22)29(33)30-17-4-5-18-30/h3,6,8,11-15,19,25-26,28H,1,4-5,7,9-10,16-18,20-21H2,2H3. The molecule has 2 bridgehead atoms. The van der Waals surface area contributed by atoms with Crippen LogP contribution in [0.2, 0.25) is 0 Å². The number of carbonyl (C=O) groups is 1. The Labute approximate surface area is 204 Å². The van der Waals surface area contributed by atoms with Crippen molar-refractivity contribution in [3.05, 3.63) is 77.9 Å². The van der Waals surface area contributed by atoms with E-state index in [-0.39, 0.29) is 11.9 Å². The molecule has 34 heavy (non-hydrogen) atoms. The maximum atomic E-state index is 12.9. The lowest BCUT2D eigenvalue weighted by Crippen LogP contribution is -2.61. The van der Waals surface area contributed by atoms with E-state index < -0.39 is 0 Å². The number of fused-ring (bicyclic) bond motifs is 2. The number of ether oxygens (including phenoxy) is 1. The molecule has 0 aromatic heterocycles. The Balaban J connectivity index is 1.45. The molecular weight excluding hydrogens is 422 g/mol. The van der Waals surface area contributed by atoms with E-state index in [1.54, 1.807) is 7.11 Å². The maximum absolute atomic E-state index is 12.9. The minimum absolute atomic E-state index is 0.139. The molecule has 5 rings (SSSR count). The van der Waals surface area contributed by atoms with E-state index in [9.17, 15) is 4.79 Å². The lowest BCUT2D eigenvalue weighted by atomic mass is 9.87. The SMILES string of the molecule is C=CCN1C2CCCC1CN(C(c1ccc(C(=O)N3CCCC3)cc1)c1cccc(OC)c1)C2. The second-order valence-corrected chi connectivity index (χ2v) is 9.98. The van der Waals surface area contributed by atoms with Crippen LogP contribution in [0.1, 0.15) is 59.6 Å². The van der Waals surface area contributed by atoms with Gasteiger partial charge in [-0.05, 0) is 61.1 Å². The van der Waals surface area contributed by atoms with Crippen LogP contribution in [0.5, 0.6) is 5.75 Å². The number of benzene rings is 2. The quantitative estimate of drug-likeness (QED) is 0.560. The molecule has 1 amide bonds. The zero-order chi connectivity index (χ0) is 23.5. The lowest BCUT2D eigenvalue weighted by molar-refractivity contribution is -0.0128. The van der Waals surface area contributed by atoms with Gasteiger partial charge in [0.1, 0.15) is 5.75 Å². The van der Waals surface area contributed by atoms with Crippen LogP contribution in [-0.4, -0.2) is 72.5 Å². The van der Waals surface area contributed by atoms with E-state index in [0.29, 0.717) is 12.1 Å². The summed E-state index contributed by atoms with van der Waals surface area (Å²) in [5, 5.41) is 0. The van der Waals surface area contributed by atoms with Gasteiger partial charge in [-0.15, -0.1) is 6.58 Å². The van der Waals surface area contributed by atoms with Crippen LogP contribution in [0.15, 0.2) is 61.2 Å². The second-order valence-electron chi connectivity index (χ2n) is 9.98. The van der Waals surface area contributed by atoms with Crippen molar-refractivity contribution in [2.75, 3.05) is 39.8 Å². The van der Waals surface area contributed by atoms with Gasteiger partial charge in [-0.2, -0.15) is 0 Å². The summed E-state index contributed by atoms with van der Waals surface area (Å²) < 4.78 is 5.57. The van der Waals surface area contributed by atoms with Crippen LogP contribution >= 0.6 is 0 Å². The number of amides is 1. The fourth-order valence-corrected chi connectivity index (χ4v) is 6.22. The molecule has 3 unspecified atom stereocenters. The third-order valence-corrected chi connectivity index (χ3v) is 7.88. The molecule has 0 N–H and O–H groups in total. The van der Waals surface area contributed by atoms with Crippen LogP contribution in [0.3, 0.4) is 0 Å². The molecule has 3 fully saturated rings. The van der Waals surface area contributed by atoms with Crippen molar-refractivity contribution in [1.29, 1.82) is 0 Å². The van der Waals surface area contributed by atoms with Crippen LogP contribution in [0.4, 0.5) is 0 Å². The highest BCUT2D eigenvalue weighted by Gasteiger charge is 2.39. The minimum atomic E-state index is 0.139. The summed E-state index contributed by atoms with van der Waals surface area (Å²) in [6.07, 6.45) is 8.08. The molecule has 3 atom stereocenters. The molecule has 0 spiro atoms. The summed E-state index contributed by atoms with van der Waals surface area (Å²) in [6, 6.07) is 18.1. The highest BCUT2D eigenvalue weighted by Crippen LogP contribution is 2.37. The second kappa shape index (κ2) is 10.3. The number of carbonyl (C=O) groups excluding carboxylic acids is 1. The van der Waals surface area contributed by atoms with E-state index >= 15 is 0 Å². The largest absolute Gasteiger partial charge is 0.497 e. The third kappa shape index (κ3) is 4.64. The van der Waals surface area contributed by atoms with Crippen molar-refractivity contribution < 1.29 is 9.53 Å². The number of piperidine rings is 1. The van der Waals surface area contributed by atoms with Gasteiger partial charge in [-0.25, -0.2) is 0 Å². The lowest BCUT2D eigenvalue weighted by Gasteiger charge is -2.52. The zero-order valence-corrected chi connectivity index (χ0v) is 20.4. The summed E-state index contributed by atoms with van der Waals surface area (Å²) in [7, 11) is 1.73. The van der Waals surface area contributed by atoms with E-state index in [2.05, 4.69) is 52.8 Å². The molecule has 5 heteroatoms. The van der Waals surface area contributed by atoms with Crippen LogP contribution < -0.4 is 4.74 Å². The van der Waals surface area contributed by atoms with E-state index in [1.165, 1.54) is 30.4 Å². The number of methoxy groups -OCH3 is 1. The summed E-state index contributed by atoms with van der Waals surface area (Å²) >= 11 is 0. The van der Waals surface area contributed by atoms with Gasteiger partial charge in [0.25, 0.3) is 5.91 Å². The predicted octanol–water partition coefficient (Wildman–Crippen LogP) is 4.75. The fourth-order valence-electron chi connectivity index (χ4n) is 6.22. The van der Waals surface area contributed by atoms with Crippen molar-refractivity contribution in [2.45, 2.75) is 50.2 Å². The normalized spacial score (nSPS) is 24.1. The van der Waals surface area contributed by atoms with Gasteiger partial charge in [0.05, 0.1) is 13.2 Å². The Morgan fingerprint density at radius 1 is 1.03 bits per heavy atom. The van der Waals surface area contributed by atoms with Crippen LogP contribution in [0.25, 0.3) is 0 Å². The fraction of sp³-hybridized carbons (Fsp3) is 0.483. The van der Waals surface area contributed by atoms with Gasteiger partial charge in [0.2, 0.25) is 0 Å². The predicted molar refractivity (Wildman–Crippen MR) is 136 cm³/mol. The van der Waals surface area contributed by atoms with Crippen LogP contribution in [0, 0.1) is 0 Å². The highest BCUT2D eigenvalue weighted by molar-refractivity contribution is 5.94. The molecule has 0 aliphatic carbocycles. The van der Waals surface area contributed by atoms with Crippen molar-refractivity contribution >= 4 is 5.91 Å². The first-order valence-corrected chi connectivity index (χ1v) is 12.8. The smallest absolute Gasteiger partial charge is 0.253 e. The first kappa shape index (κ1) is 23.1. The Morgan fingerprint density at radius 2 is 1.74 bits per heavy atom. The van der Waals surface area contributed by atoms with E-state index in [1.807, 2.05) is 23.1 Å². The van der Waals surface area contributed by atoms with Gasteiger partial charge < -0.3 is 9.64 Å². The van der Waals surface area contributed by atoms with Gasteiger partial charge in [0.15, 0.2) is 0 Å². The van der Waals surface area contributed by atoms with Crippen molar-refractivity contribution in [3.8, 4) is 5.75 Å². The number of nitrogens with zero attached hydrogens (tertiary/aromatic N) is 3. The van der Waals surface area contributed by atoms with E-state index in [4.69, 9.17) is 4.74 Å². The summed E-state index contributed by atoms with van der Waals surface area (Å²) in [6.45, 7) is 8.82. The maximum Gasteiger partial charge on any atom is 0.253 e. The topological polar surface area (TPSA) is 36.0 Å². The Hall–Kier alpha value is -2.63. The number of hydrogen-bond donors (Lipinski definition) is 0. The average Bonchev–Trinajstić information content (AvgIpc) is 3.40. The Morgan fingerprint density at radius 3 is 2.38 bits per heavy atom. The Kier molecular flexibility index (Phi) is 7.02. The third-order valence-electron chi connectivity index (χ3n) is 7.88. The molecule has 2 aromatic rings. The van der Waals surface area contributed by atoms with Gasteiger partial charge >= 0.3 is 0 Å². The number of hydrogen-bond acceptors (Lipinski definition) is 4. The molecule has 180 valence electrons. The number of rotatable bonds is 7. The Bertz CT molecular complexity index is 985. The highest BCUT2D eigenvalue weighted by atomic mass is 16.5. The summed E-state index contributed by atoms with van der Waals surface area (Å²) in [5.41, 5.74) is 3.28. The van der Waals surface area contributed by atoms with Gasteiger partial charge in [-0.1, -0.05) is 36.8 Å². The van der Waals surface area contributed by atoms with Crippen LogP contribution in [-0.2, 0) is 0 Å². The first-order valence-electron chi connectivity index (χ1n) is 12.8. The van der Waals surface area contributed by atoms with Crippen molar-refractivity contribution in [2.24, 2.45) is 0 Å². The van der Waals surface area contributed by atoms with Gasteiger partial charge in [0, 0.05) is 50.4 Å². The molecule has 3 saturated heterocycles. The molecule has 0 saturated carbocycles. The van der Waals surface area contributed by atoms with E-state index in [0.717, 1.165) is 56.9 Å². The molecule has 0 radical (unpaired) electrons. The zero-order valence-electron chi connectivity index (χ0n) is 20.4. The first-order chi connectivity index (χ1) is 16.7. The molecule has 2 aromatic carbocycles. The molecule has 3 aliphatic heterocycles. The van der Waals surface area contributed by atoms with Gasteiger partial charge in [-0.3, -0.25) is 14.6 Å². The van der Waals surface area contributed by atoms with Crippen molar-refractivity contribution in [1.82, 2.24) is 14.7 Å². The van der Waals surface area contributed by atoms with Crippen molar-refractivity contribution in [3.63, 3.8) is 0 Å². The number of piperazine rings is 1. The molecule has 3 aliphatic rings. The molecule has 3 heterocycles. The summed E-state index contributed by atoms with van der Waals surface area (Å²) in [5.74, 6) is 1.04. The minimum Gasteiger partial charge on any atom is -0.497 e. The molecular formula is C29H37N3O2. The monoisotopic (exact) mass is 459 g/mol. The average molecular weight is 460 g/mol. The number of likely N-dealkylation sites (tertiary alicyclic amines) is 2. The summed E-state index contributed by atoms with van der Waals surface area (Å²) in [4.78, 5) is 20.2. The molecule has 5 nitrogen and oxygen atoms in total.